The average Bonchev–Trinajstić information content (AvgIpc) is 3.21. The van der Waals surface area contributed by atoms with Gasteiger partial charge in [-0.15, -0.1) is 11.6 Å². The molecular weight excluding hydrogens is 441 g/mol. The number of nitrogens with one attached hydrogen (secondary N) is 2. The Morgan fingerprint density at radius 1 is 1.28 bits per heavy atom. The number of ether oxygens (including phenoxy) is 1. The Labute approximate surface area is 193 Å². The minimum atomic E-state index is -1.11. The lowest BCUT2D eigenvalue weighted by atomic mass is 9.59. The number of carbonyl (C=O) groups is 2. The molecule has 4 aliphatic carbocycles. The summed E-state index contributed by atoms with van der Waals surface area (Å²) in [6, 6.07) is 0.129. The maximum atomic E-state index is 13.8. The molecule has 4 saturated carbocycles. The van der Waals surface area contributed by atoms with Gasteiger partial charge in [0.05, 0.1) is 23.1 Å². The first-order chi connectivity index (χ1) is 15.1. The summed E-state index contributed by atoms with van der Waals surface area (Å²) in [7, 11) is 1.79. The van der Waals surface area contributed by atoms with E-state index in [9.17, 15) is 19.1 Å². The van der Waals surface area contributed by atoms with Crippen molar-refractivity contribution in [2.24, 2.45) is 0 Å². The van der Waals surface area contributed by atoms with E-state index < -0.39 is 34.8 Å². The first kappa shape index (κ1) is 24.1. The van der Waals surface area contributed by atoms with Crippen LogP contribution in [-0.4, -0.2) is 82.5 Å². The maximum absolute atomic E-state index is 13.8. The lowest BCUT2D eigenvalue weighted by Gasteiger charge is -2.59. The number of hydrogen-bond acceptors (Lipinski definition) is 6. The molecule has 0 aromatic carbocycles. The second kappa shape index (κ2) is 9.33. The predicted octanol–water partition coefficient (Wildman–Crippen LogP) is 1.57. The molecule has 0 aromatic heterocycles. The van der Waals surface area contributed by atoms with Gasteiger partial charge in [-0.25, -0.2) is 4.39 Å². The quantitative estimate of drug-likeness (QED) is 0.504. The Kier molecular flexibility index (Phi) is 7.04. The molecule has 10 heteroatoms. The number of aliphatic hydroxyl groups excluding tert-OH is 1. The molecule has 1 saturated heterocycles. The number of nitrogens with zero attached hydrogens (tertiary/aromatic N) is 1. The number of rotatable bonds is 6. The minimum Gasteiger partial charge on any atom is -0.391 e. The molecule has 5 rings (SSSR count). The Morgan fingerprint density at radius 3 is 2.59 bits per heavy atom. The summed E-state index contributed by atoms with van der Waals surface area (Å²) < 4.78 is 19.4. The van der Waals surface area contributed by atoms with Gasteiger partial charge in [-0.2, -0.15) is 5.48 Å². The van der Waals surface area contributed by atoms with Crippen LogP contribution in [0.2, 0.25) is 0 Å². The number of aliphatic hydroxyl groups is 1. The van der Waals surface area contributed by atoms with Gasteiger partial charge in [0.1, 0.15) is 12.8 Å². The van der Waals surface area contributed by atoms with E-state index in [1.54, 1.807) is 11.9 Å². The third kappa shape index (κ3) is 4.64. The van der Waals surface area contributed by atoms with Crippen molar-refractivity contribution in [2.45, 2.75) is 112 Å². The van der Waals surface area contributed by atoms with E-state index in [1.165, 1.54) is 0 Å². The Morgan fingerprint density at radius 2 is 2.00 bits per heavy atom. The summed E-state index contributed by atoms with van der Waals surface area (Å²) in [5.41, 5.74) is 1.71. The summed E-state index contributed by atoms with van der Waals surface area (Å²) in [6.07, 6.45) is 2.29. The van der Waals surface area contributed by atoms with Crippen molar-refractivity contribution in [1.82, 2.24) is 15.7 Å². The van der Waals surface area contributed by atoms with Gasteiger partial charge in [0.25, 0.3) is 5.91 Å². The zero-order chi connectivity index (χ0) is 23.1. The number of fused-ring (bicyclic) bond motifs is 3. The second-order valence-corrected chi connectivity index (χ2v) is 10.7. The lowest BCUT2D eigenvalue weighted by Crippen LogP contribution is -2.70. The molecule has 5 fully saturated rings. The van der Waals surface area contributed by atoms with Gasteiger partial charge in [0.15, 0.2) is 6.10 Å². The van der Waals surface area contributed by atoms with Gasteiger partial charge < -0.3 is 20.1 Å². The number of hydrogen-bond donors (Lipinski definition) is 3. The normalized spacial score (nSPS) is 43.8. The van der Waals surface area contributed by atoms with Crippen LogP contribution < -0.4 is 10.8 Å². The minimum absolute atomic E-state index is 0.0706. The van der Waals surface area contributed by atoms with Crippen molar-refractivity contribution in [3.8, 4) is 0 Å². The van der Waals surface area contributed by atoms with E-state index in [4.69, 9.17) is 21.2 Å². The molecule has 5 aliphatic rings. The molecule has 3 N–H and O–H groups in total. The largest absolute Gasteiger partial charge is 0.391 e. The van der Waals surface area contributed by atoms with E-state index in [0.717, 1.165) is 0 Å². The Bertz CT molecular complexity index is 720. The molecule has 5 unspecified atom stereocenters. The van der Waals surface area contributed by atoms with Crippen LogP contribution in [0.3, 0.4) is 0 Å². The first-order valence-electron chi connectivity index (χ1n) is 11.7. The molecule has 0 aromatic rings. The van der Waals surface area contributed by atoms with Gasteiger partial charge in [0.2, 0.25) is 5.91 Å². The smallest absolute Gasteiger partial charge is 0.254 e. The molecule has 2 amide bonds. The zero-order valence-electron chi connectivity index (χ0n) is 18.8. The number of hydroxylamine groups is 1. The van der Waals surface area contributed by atoms with Crippen LogP contribution in [0, 0.1) is 0 Å². The number of likely N-dealkylation sites (N-methyl/N-ethyl adjacent to an activating group) is 1. The standard InChI is InChI=1S/C22H35ClFN3O5/c1-13-9-17(32-26-13)20(30)27(2)21-5-7-22(8-6-21,18(28)11-21)25-19(29)12-31-14-3-4-15(23)16(24)10-14/h13-18,26,28H,3-12H2,1-2H3,(H,25,29)/t13?,14?,15?,16?,17?,18-,21?,22?/m0/s1. The average molecular weight is 476 g/mol. The number of halogens is 2. The summed E-state index contributed by atoms with van der Waals surface area (Å²) in [5, 5.41) is 13.5. The van der Waals surface area contributed by atoms with Crippen LogP contribution in [0.25, 0.3) is 0 Å². The number of alkyl halides is 2. The van der Waals surface area contributed by atoms with Crippen molar-refractivity contribution >= 4 is 23.4 Å². The monoisotopic (exact) mass is 475 g/mol. The molecule has 6 atom stereocenters. The lowest BCUT2D eigenvalue weighted by molar-refractivity contribution is -0.163. The van der Waals surface area contributed by atoms with Gasteiger partial charge in [-0.3, -0.25) is 14.4 Å². The SMILES string of the molecule is CC1CC(C(=O)N(C)C23CCC(NC(=O)COC4CCC(Cl)C(F)C4)(CC2)[C@@H](O)C3)ON1. The summed E-state index contributed by atoms with van der Waals surface area (Å²) >= 11 is 5.91. The van der Waals surface area contributed by atoms with Gasteiger partial charge in [-0.1, -0.05) is 0 Å². The highest BCUT2D eigenvalue weighted by Gasteiger charge is 2.57. The highest BCUT2D eigenvalue weighted by Crippen LogP contribution is 2.50. The summed E-state index contributed by atoms with van der Waals surface area (Å²) in [4.78, 5) is 32.8. The van der Waals surface area contributed by atoms with E-state index >= 15 is 0 Å². The third-order valence-electron chi connectivity index (χ3n) is 8.06. The highest BCUT2D eigenvalue weighted by atomic mass is 35.5. The molecule has 2 bridgehead atoms. The number of carbonyl (C=O) groups excluding carboxylic acids is 2. The molecule has 0 spiro atoms. The first-order valence-corrected chi connectivity index (χ1v) is 12.2. The summed E-state index contributed by atoms with van der Waals surface area (Å²) in [5.74, 6) is -0.371. The molecule has 8 nitrogen and oxygen atoms in total. The van der Waals surface area contributed by atoms with Crippen molar-refractivity contribution in [2.75, 3.05) is 13.7 Å². The zero-order valence-corrected chi connectivity index (χ0v) is 19.6. The molecule has 1 aliphatic heterocycles. The van der Waals surface area contributed by atoms with E-state index in [0.29, 0.717) is 51.4 Å². The maximum Gasteiger partial charge on any atom is 0.254 e. The van der Waals surface area contributed by atoms with E-state index in [2.05, 4.69) is 10.8 Å². The van der Waals surface area contributed by atoms with Gasteiger partial charge in [-0.05, 0) is 51.9 Å². The number of amides is 2. The van der Waals surface area contributed by atoms with Crippen molar-refractivity contribution < 1.29 is 28.7 Å². The fraction of sp³-hybridized carbons (Fsp3) is 0.909. The topological polar surface area (TPSA) is 100 Å². The van der Waals surface area contributed by atoms with Crippen LogP contribution in [0.4, 0.5) is 4.39 Å². The molecule has 182 valence electrons. The molecule has 32 heavy (non-hydrogen) atoms. The molecule has 1 heterocycles. The van der Waals surface area contributed by atoms with Crippen LogP contribution in [0.5, 0.6) is 0 Å². The second-order valence-electron chi connectivity index (χ2n) is 10.2. The predicted molar refractivity (Wildman–Crippen MR) is 116 cm³/mol. The van der Waals surface area contributed by atoms with Crippen molar-refractivity contribution in [1.29, 1.82) is 0 Å². The van der Waals surface area contributed by atoms with E-state index in [1.807, 2.05) is 6.92 Å². The van der Waals surface area contributed by atoms with Crippen molar-refractivity contribution in [3.05, 3.63) is 0 Å². The van der Waals surface area contributed by atoms with Crippen LogP contribution in [-0.2, 0) is 19.2 Å². The Balaban J connectivity index is 1.30. The summed E-state index contributed by atoms with van der Waals surface area (Å²) in [6.45, 7) is 1.81. The third-order valence-corrected chi connectivity index (χ3v) is 8.56. The highest BCUT2D eigenvalue weighted by molar-refractivity contribution is 6.21. The fourth-order valence-electron chi connectivity index (χ4n) is 5.85. The fourth-order valence-corrected chi connectivity index (χ4v) is 6.08. The van der Waals surface area contributed by atoms with E-state index in [-0.39, 0.29) is 37.0 Å². The van der Waals surface area contributed by atoms with Gasteiger partial charge >= 0.3 is 0 Å². The van der Waals surface area contributed by atoms with Crippen molar-refractivity contribution in [3.63, 3.8) is 0 Å². The van der Waals surface area contributed by atoms with Crippen LogP contribution in [0.1, 0.15) is 64.7 Å². The molecular formula is C22H35ClFN3O5. The Hall–Kier alpha value is -1.00. The van der Waals surface area contributed by atoms with Gasteiger partial charge in [0, 0.05) is 31.5 Å². The molecule has 0 radical (unpaired) electrons. The van der Waals surface area contributed by atoms with Crippen LogP contribution in [0.15, 0.2) is 0 Å². The van der Waals surface area contributed by atoms with Crippen LogP contribution >= 0.6 is 11.6 Å².